The van der Waals surface area contributed by atoms with Gasteiger partial charge in [-0.15, -0.1) is 0 Å². The summed E-state index contributed by atoms with van der Waals surface area (Å²) in [5.74, 6) is 0.882. The molecule has 2 aromatic carbocycles. The predicted octanol–water partition coefficient (Wildman–Crippen LogP) is 4.55. The number of hydrazone groups is 1. The van der Waals surface area contributed by atoms with Gasteiger partial charge in [-0.1, -0.05) is 23.7 Å². The first-order chi connectivity index (χ1) is 12.4. The number of ether oxygens (including phenoxy) is 2. The molecule has 0 fully saturated rings. The van der Waals surface area contributed by atoms with Crippen LogP contribution in [0.2, 0.25) is 5.02 Å². The molecular weight excluding hydrogens is 352 g/mol. The van der Waals surface area contributed by atoms with E-state index in [0.29, 0.717) is 10.7 Å². The van der Waals surface area contributed by atoms with Crippen LogP contribution < -0.4 is 10.2 Å². The molecule has 0 atom stereocenters. The maximum atomic E-state index is 11.7. The number of nitrogens with zero attached hydrogens (tertiary/aromatic N) is 1. The maximum Gasteiger partial charge on any atom is 0.427 e. The Bertz CT molecular complexity index is 845. The molecule has 0 bridgehead atoms. The van der Waals surface area contributed by atoms with Gasteiger partial charge in [0, 0.05) is 22.6 Å². The molecule has 0 saturated carbocycles. The SMILES string of the molecule is CCOC(=O)NN=C(c1ccc(Cl)cc1)c1ccc2c(c1)CC(C)(C)O2. The zero-order valence-electron chi connectivity index (χ0n) is 15.0. The average Bonchev–Trinajstić information content (AvgIpc) is 2.90. The van der Waals surface area contributed by atoms with Crippen LogP contribution in [-0.2, 0) is 11.2 Å². The summed E-state index contributed by atoms with van der Waals surface area (Å²) in [4.78, 5) is 11.7. The molecule has 0 spiro atoms. The standard InChI is InChI=1S/C20H21ClN2O3/c1-4-25-19(24)23-22-18(13-5-8-16(21)9-6-13)14-7-10-17-15(11-14)12-20(2,3)26-17/h5-11H,4,12H2,1-3H3,(H,23,24). The van der Waals surface area contributed by atoms with Crippen molar-refractivity contribution < 1.29 is 14.3 Å². The fourth-order valence-electron chi connectivity index (χ4n) is 2.93. The van der Waals surface area contributed by atoms with Crippen molar-refractivity contribution in [2.45, 2.75) is 32.8 Å². The molecule has 0 radical (unpaired) electrons. The highest BCUT2D eigenvalue weighted by atomic mass is 35.5. The highest BCUT2D eigenvalue weighted by Crippen LogP contribution is 2.35. The molecular formula is C20H21ClN2O3. The van der Waals surface area contributed by atoms with Gasteiger partial charge in [0.2, 0.25) is 0 Å². The first kappa shape index (κ1) is 18.3. The van der Waals surface area contributed by atoms with Crippen LogP contribution in [0.25, 0.3) is 0 Å². The minimum Gasteiger partial charge on any atom is -0.487 e. The smallest absolute Gasteiger partial charge is 0.427 e. The van der Waals surface area contributed by atoms with Crippen LogP contribution in [0.15, 0.2) is 47.6 Å². The summed E-state index contributed by atoms with van der Waals surface area (Å²) < 4.78 is 10.8. The minimum absolute atomic E-state index is 0.221. The van der Waals surface area contributed by atoms with Gasteiger partial charge in [0.15, 0.2) is 0 Å². The Labute approximate surface area is 158 Å². The van der Waals surface area contributed by atoms with E-state index < -0.39 is 6.09 Å². The summed E-state index contributed by atoms with van der Waals surface area (Å²) in [6.45, 7) is 6.14. The molecule has 0 aromatic heterocycles. The number of halogens is 1. The quantitative estimate of drug-likeness (QED) is 0.632. The van der Waals surface area contributed by atoms with Gasteiger partial charge in [-0.3, -0.25) is 0 Å². The fourth-order valence-corrected chi connectivity index (χ4v) is 3.05. The van der Waals surface area contributed by atoms with Gasteiger partial charge in [0.1, 0.15) is 11.4 Å². The molecule has 1 N–H and O–H groups in total. The lowest BCUT2D eigenvalue weighted by Crippen LogP contribution is -2.24. The Balaban J connectivity index is 1.97. The van der Waals surface area contributed by atoms with E-state index in [4.69, 9.17) is 21.1 Å². The van der Waals surface area contributed by atoms with Crippen molar-refractivity contribution in [1.29, 1.82) is 0 Å². The van der Waals surface area contributed by atoms with E-state index in [2.05, 4.69) is 24.4 Å². The van der Waals surface area contributed by atoms with Crippen molar-refractivity contribution in [2.75, 3.05) is 6.61 Å². The van der Waals surface area contributed by atoms with Crippen molar-refractivity contribution in [3.63, 3.8) is 0 Å². The highest BCUT2D eigenvalue weighted by molar-refractivity contribution is 6.30. The van der Waals surface area contributed by atoms with Crippen LogP contribution >= 0.6 is 11.6 Å². The molecule has 26 heavy (non-hydrogen) atoms. The molecule has 136 valence electrons. The topological polar surface area (TPSA) is 59.9 Å². The Hall–Kier alpha value is -2.53. The van der Waals surface area contributed by atoms with Crippen molar-refractivity contribution in [3.8, 4) is 5.75 Å². The normalized spacial score (nSPS) is 15.2. The van der Waals surface area contributed by atoms with E-state index in [1.165, 1.54) is 0 Å². The third kappa shape index (κ3) is 4.17. The summed E-state index contributed by atoms with van der Waals surface area (Å²) in [5, 5.41) is 4.92. The second-order valence-corrected chi connectivity index (χ2v) is 7.10. The summed E-state index contributed by atoms with van der Waals surface area (Å²) in [6, 6.07) is 13.2. The zero-order valence-corrected chi connectivity index (χ0v) is 15.8. The summed E-state index contributed by atoms with van der Waals surface area (Å²) in [7, 11) is 0. The van der Waals surface area contributed by atoms with Crippen molar-refractivity contribution in [1.82, 2.24) is 5.43 Å². The Morgan fingerprint density at radius 2 is 1.92 bits per heavy atom. The van der Waals surface area contributed by atoms with Crippen molar-refractivity contribution in [2.24, 2.45) is 5.10 Å². The molecule has 2 aromatic rings. The molecule has 0 saturated heterocycles. The maximum absolute atomic E-state index is 11.7. The average molecular weight is 373 g/mol. The van der Waals surface area contributed by atoms with Crippen molar-refractivity contribution in [3.05, 3.63) is 64.2 Å². The molecule has 1 aliphatic heterocycles. The number of rotatable bonds is 4. The Morgan fingerprint density at radius 1 is 1.23 bits per heavy atom. The monoisotopic (exact) mass is 372 g/mol. The first-order valence-electron chi connectivity index (χ1n) is 8.46. The van der Waals surface area contributed by atoms with E-state index in [1.54, 1.807) is 19.1 Å². The number of carbonyl (C=O) groups excluding carboxylic acids is 1. The van der Waals surface area contributed by atoms with Crippen LogP contribution in [0.3, 0.4) is 0 Å². The number of benzene rings is 2. The van der Waals surface area contributed by atoms with Gasteiger partial charge in [-0.25, -0.2) is 10.2 Å². The first-order valence-corrected chi connectivity index (χ1v) is 8.84. The number of hydrogen-bond acceptors (Lipinski definition) is 4. The molecule has 1 amide bonds. The Morgan fingerprint density at radius 3 is 2.62 bits per heavy atom. The number of fused-ring (bicyclic) bond motifs is 1. The third-order valence-electron chi connectivity index (χ3n) is 3.99. The van der Waals surface area contributed by atoms with Crippen LogP contribution in [0.4, 0.5) is 4.79 Å². The molecule has 5 nitrogen and oxygen atoms in total. The molecule has 3 rings (SSSR count). The second-order valence-electron chi connectivity index (χ2n) is 6.66. The molecule has 1 aliphatic rings. The fraction of sp³-hybridized carbons (Fsp3) is 0.300. The summed E-state index contributed by atoms with van der Waals surface area (Å²) >= 11 is 5.99. The van der Waals surface area contributed by atoms with Gasteiger partial charge in [-0.2, -0.15) is 5.10 Å². The number of nitrogens with one attached hydrogen (secondary N) is 1. The number of amides is 1. The number of carbonyl (C=O) groups is 1. The molecule has 1 heterocycles. The number of hydrogen-bond donors (Lipinski definition) is 1. The second kappa shape index (κ2) is 7.38. The van der Waals surface area contributed by atoms with Gasteiger partial charge >= 0.3 is 6.09 Å². The van der Waals surface area contributed by atoms with Crippen LogP contribution in [0.5, 0.6) is 5.75 Å². The minimum atomic E-state index is -0.593. The lowest BCUT2D eigenvalue weighted by atomic mass is 9.96. The summed E-state index contributed by atoms with van der Waals surface area (Å²) in [5.41, 5.74) is 5.68. The van der Waals surface area contributed by atoms with E-state index in [9.17, 15) is 4.79 Å². The zero-order chi connectivity index (χ0) is 18.7. The highest BCUT2D eigenvalue weighted by Gasteiger charge is 2.30. The molecule has 6 heteroatoms. The lowest BCUT2D eigenvalue weighted by Gasteiger charge is -2.16. The molecule has 0 unspecified atom stereocenters. The Kier molecular flexibility index (Phi) is 5.18. The van der Waals surface area contributed by atoms with Gasteiger partial charge in [-0.05, 0) is 56.7 Å². The van der Waals surface area contributed by atoms with Crippen molar-refractivity contribution >= 4 is 23.4 Å². The summed E-state index contributed by atoms with van der Waals surface area (Å²) in [6.07, 6.45) is 0.222. The predicted molar refractivity (Wildman–Crippen MR) is 102 cm³/mol. The van der Waals surface area contributed by atoms with Crippen LogP contribution in [-0.4, -0.2) is 24.0 Å². The van der Waals surface area contributed by atoms with Crippen LogP contribution in [0, 0.1) is 0 Å². The lowest BCUT2D eigenvalue weighted by molar-refractivity contribution is 0.138. The third-order valence-corrected chi connectivity index (χ3v) is 4.24. The van der Waals surface area contributed by atoms with Crippen LogP contribution in [0.1, 0.15) is 37.5 Å². The largest absolute Gasteiger partial charge is 0.487 e. The van der Waals surface area contributed by atoms with E-state index in [1.807, 2.05) is 30.3 Å². The van der Waals surface area contributed by atoms with E-state index in [-0.39, 0.29) is 12.2 Å². The van der Waals surface area contributed by atoms with Gasteiger partial charge < -0.3 is 9.47 Å². The van der Waals surface area contributed by atoms with E-state index >= 15 is 0 Å². The molecule has 0 aliphatic carbocycles. The van der Waals surface area contributed by atoms with Gasteiger partial charge in [0.25, 0.3) is 0 Å². The van der Waals surface area contributed by atoms with E-state index in [0.717, 1.165) is 28.9 Å². The van der Waals surface area contributed by atoms with Gasteiger partial charge in [0.05, 0.1) is 12.3 Å².